The van der Waals surface area contributed by atoms with Gasteiger partial charge >= 0.3 is 12.1 Å². The van der Waals surface area contributed by atoms with Crippen LogP contribution in [-0.4, -0.2) is 22.6 Å². The molecule has 0 heterocycles. The first-order valence-corrected chi connectivity index (χ1v) is 6.14. The van der Waals surface area contributed by atoms with Crippen LogP contribution in [0.4, 0.5) is 13.2 Å². The van der Waals surface area contributed by atoms with Crippen molar-refractivity contribution in [2.75, 3.05) is 0 Å². The molecule has 0 unspecified atom stereocenters. The van der Waals surface area contributed by atoms with Crippen LogP contribution >= 0.6 is 0 Å². The minimum Gasteiger partial charge on any atom is -0.481 e. The smallest absolute Gasteiger partial charge is 0.416 e. The zero-order chi connectivity index (χ0) is 16.0. The van der Waals surface area contributed by atoms with Crippen LogP contribution < -0.4 is 0 Å². The number of ketones is 2. The van der Waals surface area contributed by atoms with Gasteiger partial charge in [-0.2, -0.15) is 13.2 Å². The SMILES string of the molecule is O=C(O)CCC(=O)CCC(=O)c1cccc(C(F)(F)F)c1. The number of carbonyl (C=O) groups is 3. The Balaban J connectivity index is 2.60. The van der Waals surface area contributed by atoms with Crippen molar-refractivity contribution in [3.63, 3.8) is 0 Å². The Bertz CT molecular complexity index is 549. The number of hydrogen-bond donors (Lipinski definition) is 1. The van der Waals surface area contributed by atoms with Gasteiger partial charge in [0.1, 0.15) is 5.78 Å². The van der Waals surface area contributed by atoms with Crippen LogP contribution in [-0.2, 0) is 15.8 Å². The molecule has 0 atom stereocenters. The predicted molar refractivity (Wildman–Crippen MR) is 66.9 cm³/mol. The summed E-state index contributed by atoms with van der Waals surface area (Å²) >= 11 is 0. The van der Waals surface area contributed by atoms with Crippen LogP contribution in [0.15, 0.2) is 24.3 Å². The van der Waals surface area contributed by atoms with Crippen molar-refractivity contribution in [1.29, 1.82) is 0 Å². The largest absolute Gasteiger partial charge is 0.481 e. The van der Waals surface area contributed by atoms with Crippen LogP contribution in [0.2, 0.25) is 0 Å². The third kappa shape index (κ3) is 5.76. The van der Waals surface area contributed by atoms with Crippen molar-refractivity contribution >= 4 is 17.5 Å². The summed E-state index contributed by atoms with van der Waals surface area (Å²) in [5.41, 5.74) is -1.04. The number of halogens is 3. The Hall–Kier alpha value is -2.18. The second-order valence-electron chi connectivity index (χ2n) is 4.43. The number of benzene rings is 1. The number of aliphatic carboxylic acids is 1. The lowest BCUT2D eigenvalue weighted by atomic mass is 10.0. The van der Waals surface area contributed by atoms with Gasteiger partial charge in [-0.1, -0.05) is 12.1 Å². The van der Waals surface area contributed by atoms with Gasteiger partial charge in [0, 0.05) is 24.8 Å². The summed E-state index contributed by atoms with van der Waals surface area (Å²) in [7, 11) is 0. The van der Waals surface area contributed by atoms with E-state index in [0.29, 0.717) is 0 Å². The van der Waals surface area contributed by atoms with E-state index in [1.54, 1.807) is 0 Å². The van der Waals surface area contributed by atoms with Gasteiger partial charge in [0.15, 0.2) is 5.78 Å². The molecule has 0 radical (unpaired) electrons. The molecule has 21 heavy (non-hydrogen) atoms. The van der Waals surface area contributed by atoms with Crippen molar-refractivity contribution in [2.24, 2.45) is 0 Å². The molecular formula is C14H13F3O4. The lowest BCUT2D eigenvalue weighted by Gasteiger charge is -2.08. The second-order valence-corrected chi connectivity index (χ2v) is 4.43. The van der Waals surface area contributed by atoms with Crippen molar-refractivity contribution in [3.8, 4) is 0 Å². The van der Waals surface area contributed by atoms with Crippen molar-refractivity contribution in [3.05, 3.63) is 35.4 Å². The Labute approximate surface area is 118 Å². The van der Waals surface area contributed by atoms with Gasteiger partial charge in [0.05, 0.1) is 12.0 Å². The lowest BCUT2D eigenvalue weighted by molar-refractivity contribution is -0.138. The fraction of sp³-hybridized carbons (Fsp3) is 0.357. The van der Waals surface area contributed by atoms with E-state index in [1.807, 2.05) is 0 Å². The maximum atomic E-state index is 12.5. The molecule has 114 valence electrons. The van der Waals surface area contributed by atoms with Crippen molar-refractivity contribution in [2.45, 2.75) is 31.9 Å². The zero-order valence-electron chi connectivity index (χ0n) is 10.9. The highest BCUT2D eigenvalue weighted by molar-refractivity contribution is 5.98. The molecule has 1 aromatic carbocycles. The molecule has 4 nitrogen and oxygen atoms in total. The summed E-state index contributed by atoms with van der Waals surface area (Å²) in [5, 5.41) is 8.40. The number of carboxylic acid groups (broad SMARTS) is 1. The first-order valence-electron chi connectivity index (χ1n) is 6.14. The molecule has 0 aliphatic rings. The van der Waals surface area contributed by atoms with E-state index >= 15 is 0 Å². The van der Waals surface area contributed by atoms with Gasteiger partial charge in [-0.05, 0) is 12.1 Å². The van der Waals surface area contributed by atoms with Gasteiger partial charge in [0.25, 0.3) is 0 Å². The summed E-state index contributed by atoms with van der Waals surface area (Å²) in [5.74, 6) is -2.10. The number of rotatable bonds is 7. The van der Waals surface area contributed by atoms with Crippen LogP contribution in [0, 0.1) is 0 Å². The zero-order valence-corrected chi connectivity index (χ0v) is 10.9. The molecule has 0 aromatic heterocycles. The Morgan fingerprint density at radius 1 is 1.00 bits per heavy atom. The molecule has 0 spiro atoms. The molecule has 1 aromatic rings. The fourth-order valence-electron chi connectivity index (χ4n) is 1.64. The molecule has 0 saturated heterocycles. The van der Waals surface area contributed by atoms with E-state index in [0.717, 1.165) is 18.2 Å². The first-order chi connectivity index (χ1) is 9.70. The normalized spacial score (nSPS) is 11.2. The number of alkyl halides is 3. The summed E-state index contributed by atoms with van der Waals surface area (Å²) < 4.78 is 37.5. The minimum atomic E-state index is -4.53. The average molecular weight is 302 g/mol. The van der Waals surface area contributed by atoms with E-state index in [1.165, 1.54) is 6.07 Å². The Morgan fingerprint density at radius 2 is 1.62 bits per heavy atom. The molecule has 0 aliphatic heterocycles. The fourth-order valence-corrected chi connectivity index (χ4v) is 1.64. The lowest BCUT2D eigenvalue weighted by Crippen LogP contribution is -2.09. The Kier molecular flexibility index (Phi) is 5.63. The molecule has 1 rings (SSSR count). The van der Waals surface area contributed by atoms with Crippen LogP contribution in [0.1, 0.15) is 41.6 Å². The van der Waals surface area contributed by atoms with Gasteiger partial charge in [-0.15, -0.1) is 0 Å². The molecule has 0 bridgehead atoms. The van der Waals surface area contributed by atoms with E-state index in [-0.39, 0.29) is 31.2 Å². The topological polar surface area (TPSA) is 71.4 Å². The molecule has 0 saturated carbocycles. The van der Waals surface area contributed by atoms with Crippen molar-refractivity contribution < 1.29 is 32.7 Å². The van der Waals surface area contributed by atoms with Gasteiger partial charge in [-0.25, -0.2) is 0 Å². The summed E-state index contributed by atoms with van der Waals surface area (Å²) in [4.78, 5) is 33.3. The van der Waals surface area contributed by atoms with Gasteiger partial charge in [-0.3, -0.25) is 14.4 Å². The molecule has 7 heteroatoms. The minimum absolute atomic E-state index is 0.115. The highest BCUT2D eigenvalue weighted by Gasteiger charge is 2.30. The van der Waals surface area contributed by atoms with E-state index in [9.17, 15) is 27.6 Å². The number of carbonyl (C=O) groups excluding carboxylic acids is 2. The van der Waals surface area contributed by atoms with E-state index in [2.05, 4.69) is 0 Å². The first kappa shape index (κ1) is 16.9. The number of Topliss-reactive ketones (excluding diaryl/α,β-unsaturated/α-hetero) is 2. The Morgan fingerprint density at radius 3 is 2.19 bits per heavy atom. The van der Waals surface area contributed by atoms with E-state index < -0.39 is 29.3 Å². The number of hydrogen-bond acceptors (Lipinski definition) is 3. The van der Waals surface area contributed by atoms with E-state index in [4.69, 9.17) is 5.11 Å². The molecule has 1 N–H and O–H groups in total. The molecule has 0 fully saturated rings. The average Bonchev–Trinajstić information content (AvgIpc) is 2.41. The maximum Gasteiger partial charge on any atom is 0.416 e. The van der Waals surface area contributed by atoms with Crippen LogP contribution in [0.5, 0.6) is 0 Å². The van der Waals surface area contributed by atoms with Crippen molar-refractivity contribution in [1.82, 2.24) is 0 Å². The van der Waals surface area contributed by atoms with Crippen LogP contribution in [0.25, 0.3) is 0 Å². The quantitative estimate of drug-likeness (QED) is 0.786. The monoisotopic (exact) mass is 302 g/mol. The van der Waals surface area contributed by atoms with Gasteiger partial charge < -0.3 is 5.11 Å². The standard InChI is InChI=1S/C14H13F3O4/c15-14(16,17)10-3-1-2-9(8-10)12(19)6-4-11(18)5-7-13(20)21/h1-3,8H,4-7H2,(H,20,21). The third-order valence-electron chi connectivity index (χ3n) is 2.76. The summed E-state index contributed by atoms with van der Waals surface area (Å²) in [6.45, 7) is 0. The van der Waals surface area contributed by atoms with Crippen LogP contribution in [0.3, 0.4) is 0 Å². The third-order valence-corrected chi connectivity index (χ3v) is 2.76. The van der Waals surface area contributed by atoms with Gasteiger partial charge in [0.2, 0.25) is 0 Å². The predicted octanol–water partition coefficient (Wildman–Crippen LogP) is 3.10. The highest BCUT2D eigenvalue weighted by atomic mass is 19.4. The molecule has 0 aliphatic carbocycles. The second kappa shape index (κ2) is 7.01. The number of carboxylic acids is 1. The maximum absolute atomic E-state index is 12.5. The highest BCUT2D eigenvalue weighted by Crippen LogP contribution is 2.29. The summed E-state index contributed by atoms with van der Waals surface area (Å²) in [6, 6.07) is 3.97. The molecular weight excluding hydrogens is 289 g/mol. The molecule has 0 amide bonds. The summed E-state index contributed by atoms with van der Waals surface area (Å²) in [6.07, 6.45) is -5.46.